The van der Waals surface area contributed by atoms with E-state index < -0.39 is 35.0 Å². The first kappa shape index (κ1) is 23.6. The third-order valence-corrected chi connectivity index (χ3v) is 8.69. The van der Waals surface area contributed by atoms with Gasteiger partial charge in [0, 0.05) is 29.3 Å². The van der Waals surface area contributed by atoms with Crippen LogP contribution in [0.15, 0.2) is 66.7 Å². The molecule has 0 aliphatic carbocycles. The van der Waals surface area contributed by atoms with Crippen LogP contribution in [0.25, 0.3) is 22.2 Å². The summed E-state index contributed by atoms with van der Waals surface area (Å²) in [5, 5.41) is 34.1. The monoisotopic (exact) mass is 520 g/mol. The minimum Gasteiger partial charge on any atom is -0.390 e. The molecule has 3 aliphatic rings. The number of fused-ring (bicyclic) bond motifs is 6. The average Bonchev–Trinajstić information content (AvgIpc) is 3.66. The van der Waals surface area contributed by atoms with Crippen molar-refractivity contribution in [3.8, 4) is 17.5 Å². The molecule has 7 rings (SSSR count). The number of tetrazole rings is 1. The number of hydrogen-bond donors (Lipinski definition) is 1. The normalized spacial score (nSPS) is 29.3. The average molecular weight is 521 g/mol. The van der Waals surface area contributed by atoms with Crippen LogP contribution in [0.1, 0.15) is 25.3 Å². The lowest BCUT2D eigenvalue weighted by molar-refractivity contribution is -0.133. The van der Waals surface area contributed by atoms with Crippen LogP contribution in [0.5, 0.6) is 0 Å². The lowest BCUT2D eigenvalue weighted by Crippen LogP contribution is -2.49. The zero-order chi connectivity index (χ0) is 26.9. The minimum absolute atomic E-state index is 0.231. The van der Waals surface area contributed by atoms with Gasteiger partial charge in [-0.2, -0.15) is 5.26 Å². The Balaban J connectivity index is 1.26. The van der Waals surface area contributed by atoms with Crippen molar-refractivity contribution in [2.45, 2.75) is 43.6 Å². The number of carbonyl (C=O) groups is 2. The van der Waals surface area contributed by atoms with E-state index in [-0.39, 0.29) is 12.3 Å². The number of nitrogens with zero attached hydrogens (tertiary/aromatic N) is 6. The number of aromatic nitrogens is 4. The van der Waals surface area contributed by atoms with E-state index in [4.69, 9.17) is 4.74 Å². The van der Waals surface area contributed by atoms with E-state index in [0.717, 1.165) is 5.56 Å². The fraction of sp³-hybridized carbons (Fsp3) is 0.310. The molecule has 3 saturated heterocycles. The molecule has 10 nitrogen and oxygen atoms in total. The second kappa shape index (κ2) is 8.27. The van der Waals surface area contributed by atoms with E-state index in [2.05, 4.69) is 21.6 Å². The Morgan fingerprint density at radius 3 is 2.51 bits per heavy atom. The first-order valence-electron chi connectivity index (χ1n) is 12.9. The Morgan fingerprint density at radius 2 is 1.74 bits per heavy atom. The summed E-state index contributed by atoms with van der Waals surface area (Å²) in [5.41, 5.74) is -0.493. The first-order chi connectivity index (χ1) is 18.9. The van der Waals surface area contributed by atoms with Crippen LogP contribution < -0.4 is 4.90 Å². The van der Waals surface area contributed by atoms with Gasteiger partial charge in [-0.25, -0.2) is 9.58 Å². The molecule has 3 aliphatic heterocycles. The van der Waals surface area contributed by atoms with Crippen molar-refractivity contribution in [2.24, 2.45) is 11.8 Å². The van der Waals surface area contributed by atoms with Crippen LogP contribution in [0.4, 0.5) is 5.69 Å². The number of anilines is 1. The third-order valence-electron chi connectivity index (χ3n) is 8.69. The number of rotatable bonds is 5. The molecule has 1 aromatic heterocycles. The molecule has 4 aromatic rings. The highest BCUT2D eigenvalue weighted by molar-refractivity contribution is 6.26. The summed E-state index contributed by atoms with van der Waals surface area (Å²) >= 11 is 0. The number of carbonyl (C=O) groups excluding carboxylic acids is 2. The molecule has 194 valence electrons. The van der Waals surface area contributed by atoms with Gasteiger partial charge in [-0.3, -0.25) is 9.59 Å². The molecule has 3 aromatic carbocycles. The van der Waals surface area contributed by atoms with E-state index in [1.807, 2.05) is 42.5 Å². The third kappa shape index (κ3) is 3.17. The van der Waals surface area contributed by atoms with E-state index in [0.29, 0.717) is 40.8 Å². The zero-order valence-corrected chi connectivity index (χ0v) is 21.1. The van der Waals surface area contributed by atoms with Crippen molar-refractivity contribution < 1.29 is 19.4 Å². The Kier molecular flexibility index (Phi) is 5.01. The molecule has 39 heavy (non-hydrogen) atoms. The lowest BCUT2D eigenvalue weighted by atomic mass is 9.66. The number of nitriles is 1. The van der Waals surface area contributed by atoms with E-state index in [1.165, 1.54) is 4.90 Å². The van der Waals surface area contributed by atoms with Gasteiger partial charge in [0.25, 0.3) is 0 Å². The van der Waals surface area contributed by atoms with Gasteiger partial charge < -0.3 is 9.84 Å². The topological polar surface area (TPSA) is 134 Å². The van der Waals surface area contributed by atoms with Crippen LogP contribution in [0.2, 0.25) is 0 Å². The number of aliphatic hydroxyl groups excluding tert-OH is 1. The maximum atomic E-state index is 14.1. The summed E-state index contributed by atoms with van der Waals surface area (Å²) in [4.78, 5) is 29.3. The first-order valence-corrected chi connectivity index (χ1v) is 12.9. The van der Waals surface area contributed by atoms with Crippen molar-refractivity contribution in [1.82, 2.24) is 20.2 Å². The highest BCUT2D eigenvalue weighted by Crippen LogP contribution is 2.62. The van der Waals surface area contributed by atoms with Crippen LogP contribution in [0.3, 0.4) is 0 Å². The Labute approximate surface area is 223 Å². The maximum absolute atomic E-state index is 14.1. The quantitative estimate of drug-likeness (QED) is 0.397. The molecule has 2 amide bonds. The molecule has 10 heteroatoms. The fourth-order valence-electron chi connectivity index (χ4n) is 6.88. The van der Waals surface area contributed by atoms with E-state index >= 15 is 0 Å². The molecule has 1 N–H and O–H groups in total. The van der Waals surface area contributed by atoms with Crippen molar-refractivity contribution in [3.05, 3.63) is 72.3 Å². The van der Waals surface area contributed by atoms with Gasteiger partial charge in [-0.15, -0.1) is 5.10 Å². The maximum Gasteiger partial charge on any atom is 0.240 e. The van der Waals surface area contributed by atoms with Crippen LogP contribution in [-0.2, 0) is 20.9 Å². The van der Waals surface area contributed by atoms with Crippen LogP contribution in [-0.4, -0.2) is 54.4 Å². The van der Waals surface area contributed by atoms with Gasteiger partial charge in [-0.05, 0) is 35.9 Å². The predicted molar refractivity (Wildman–Crippen MR) is 139 cm³/mol. The van der Waals surface area contributed by atoms with Crippen molar-refractivity contribution >= 4 is 28.3 Å². The number of aliphatic hydroxyl groups is 1. The molecule has 5 atom stereocenters. The molecular weight excluding hydrogens is 496 g/mol. The highest BCUT2D eigenvalue weighted by Gasteiger charge is 2.77. The molecule has 3 fully saturated rings. The summed E-state index contributed by atoms with van der Waals surface area (Å²) < 4.78 is 8.14. The van der Waals surface area contributed by atoms with Crippen LogP contribution in [0, 0.1) is 23.2 Å². The largest absolute Gasteiger partial charge is 0.390 e. The van der Waals surface area contributed by atoms with Gasteiger partial charge in [-0.1, -0.05) is 54.6 Å². The highest BCUT2D eigenvalue weighted by atomic mass is 16.6. The Bertz CT molecular complexity index is 1700. The van der Waals surface area contributed by atoms with Crippen LogP contribution >= 0.6 is 0 Å². The van der Waals surface area contributed by atoms with Crippen molar-refractivity contribution in [2.75, 3.05) is 4.90 Å². The minimum atomic E-state index is -1.20. The Morgan fingerprint density at radius 1 is 1.03 bits per heavy atom. The van der Waals surface area contributed by atoms with Crippen molar-refractivity contribution in [1.29, 1.82) is 5.26 Å². The summed E-state index contributed by atoms with van der Waals surface area (Å²) in [6, 6.07) is 22.3. The van der Waals surface area contributed by atoms with Gasteiger partial charge in [0.05, 0.1) is 40.9 Å². The summed E-state index contributed by atoms with van der Waals surface area (Å²) in [6.45, 7) is 2.06. The molecule has 2 bridgehead atoms. The SMILES string of the molecule is C[C@]12O[C@](CCn3nnnc3-c3ccccc3)(C[C@@H]1O)[C@H]1C(=O)N(c3ccc(C#N)c4ccccc34)C(=O)[C@H]12. The smallest absolute Gasteiger partial charge is 0.240 e. The number of hydrogen-bond acceptors (Lipinski definition) is 8. The van der Waals surface area contributed by atoms with Crippen molar-refractivity contribution in [3.63, 3.8) is 0 Å². The number of benzene rings is 3. The van der Waals surface area contributed by atoms with Gasteiger partial charge >= 0.3 is 0 Å². The predicted octanol–water partition coefficient (Wildman–Crippen LogP) is 2.85. The summed E-state index contributed by atoms with van der Waals surface area (Å²) in [6.07, 6.45) is -0.336. The number of imide groups is 1. The van der Waals surface area contributed by atoms with Gasteiger partial charge in [0.15, 0.2) is 5.82 Å². The van der Waals surface area contributed by atoms with Gasteiger partial charge in [0.2, 0.25) is 11.8 Å². The van der Waals surface area contributed by atoms with E-state index in [1.54, 1.807) is 35.9 Å². The second-order valence-corrected chi connectivity index (χ2v) is 10.7. The molecule has 0 saturated carbocycles. The second-order valence-electron chi connectivity index (χ2n) is 10.7. The summed E-state index contributed by atoms with van der Waals surface area (Å²) in [7, 11) is 0. The molecule has 0 unspecified atom stereocenters. The lowest BCUT2D eigenvalue weighted by Gasteiger charge is -2.33. The zero-order valence-electron chi connectivity index (χ0n) is 21.1. The number of aryl methyl sites for hydroxylation is 1. The van der Waals surface area contributed by atoms with E-state index in [9.17, 15) is 20.0 Å². The number of amides is 2. The molecular formula is C29H24N6O4. The Hall–Kier alpha value is -4.46. The molecule has 4 heterocycles. The molecule has 0 spiro atoms. The standard InChI is InChI=1S/C29H24N6O4/c1-28-22(36)15-29(39-28,13-14-34-25(31-32-33-34)17-7-3-2-4-8-17)24-23(28)26(37)35(27(24)38)21-12-11-18(16-30)19-9-5-6-10-20(19)21/h2-12,22-24,36H,13-15H2,1H3/t22-,23-,24+,28-,29+/m0/s1. The summed E-state index contributed by atoms with van der Waals surface area (Å²) in [5.74, 6) is -1.75. The van der Waals surface area contributed by atoms with Gasteiger partial charge in [0.1, 0.15) is 5.60 Å². The number of ether oxygens (including phenoxy) is 1. The molecule has 0 radical (unpaired) electrons. The fourth-order valence-corrected chi connectivity index (χ4v) is 6.88.